The molecule has 0 saturated carbocycles. The van der Waals surface area contributed by atoms with E-state index in [9.17, 15) is 0 Å². The Labute approximate surface area is 124 Å². The molecule has 6 heteroatoms. The molecule has 0 aliphatic carbocycles. The van der Waals surface area contributed by atoms with Gasteiger partial charge in [-0.15, -0.1) is 0 Å². The summed E-state index contributed by atoms with van der Waals surface area (Å²) in [6.07, 6.45) is 2.34. The lowest BCUT2D eigenvalue weighted by atomic mass is 10.2. The van der Waals surface area contributed by atoms with Crippen molar-refractivity contribution in [3.05, 3.63) is 36.2 Å². The lowest BCUT2D eigenvalue weighted by molar-refractivity contribution is 0.306. The molecule has 0 amide bonds. The number of ether oxygens (including phenoxy) is 2. The van der Waals surface area contributed by atoms with E-state index in [0.717, 1.165) is 17.7 Å². The Kier molecular flexibility index (Phi) is 5.20. The fourth-order valence-electron chi connectivity index (χ4n) is 1.80. The molecular formula is C15H20N4O2. The zero-order valence-electron chi connectivity index (χ0n) is 12.3. The lowest BCUT2D eigenvalue weighted by Crippen LogP contribution is -2.08. The minimum Gasteiger partial charge on any atom is -0.497 e. The van der Waals surface area contributed by atoms with Crippen LogP contribution in [-0.2, 0) is 6.54 Å². The summed E-state index contributed by atoms with van der Waals surface area (Å²) >= 11 is 0. The Morgan fingerprint density at radius 1 is 1.29 bits per heavy atom. The van der Waals surface area contributed by atoms with Crippen LogP contribution in [0.25, 0.3) is 0 Å². The monoisotopic (exact) mass is 288 g/mol. The molecule has 3 N–H and O–H groups in total. The maximum absolute atomic E-state index is 6.01. The summed E-state index contributed by atoms with van der Waals surface area (Å²) in [6.45, 7) is 3.20. The van der Waals surface area contributed by atoms with Crippen LogP contribution in [0.5, 0.6) is 11.6 Å². The summed E-state index contributed by atoms with van der Waals surface area (Å²) in [7, 11) is 1.65. The highest BCUT2D eigenvalue weighted by Crippen LogP contribution is 2.25. The molecule has 0 unspecified atom stereocenters. The molecule has 0 fully saturated rings. The van der Waals surface area contributed by atoms with Crippen molar-refractivity contribution in [2.24, 2.45) is 0 Å². The van der Waals surface area contributed by atoms with E-state index in [1.54, 1.807) is 7.11 Å². The number of hydrogen-bond donors (Lipinski definition) is 2. The van der Waals surface area contributed by atoms with E-state index in [-0.39, 0.29) is 0 Å². The fraction of sp³-hybridized carbons (Fsp3) is 0.333. The van der Waals surface area contributed by atoms with E-state index in [1.165, 1.54) is 6.33 Å². The Hall–Kier alpha value is -2.50. The second kappa shape index (κ2) is 7.33. The molecular weight excluding hydrogens is 268 g/mol. The van der Waals surface area contributed by atoms with Crippen LogP contribution >= 0.6 is 0 Å². The van der Waals surface area contributed by atoms with Crippen LogP contribution in [0.3, 0.4) is 0 Å². The summed E-state index contributed by atoms with van der Waals surface area (Å²) in [5.41, 5.74) is 7.50. The van der Waals surface area contributed by atoms with E-state index < -0.39 is 0 Å². The number of anilines is 2. The summed E-state index contributed by atoms with van der Waals surface area (Å²) < 4.78 is 10.7. The highest BCUT2D eigenvalue weighted by molar-refractivity contribution is 5.66. The standard InChI is InChI=1S/C15H20N4O2/c1-3-7-21-15-13(16)14(18-10-19-15)17-9-11-5-4-6-12(8-11)20-2/h4-6,8,10H,3,7,9,16H2,1-2H3,(H,17,18,19). The van der Waals surface area contributed by atoms with Gasteiger partial charge in [0.2, 0.25) is 5.88 Å². The Balaban J connectivity index is 2.05. The van der Waals surface area contributed by atoms with Crippen LogP contribution in [-0.4, -0.2) is 23.7 Å². The van der Waals surface area contributed by atoms with Crippen molar-refractivity contribution in [3.63, 3.8) is 0 Å². The topological polar surface area (TPSA) is 82.3 Å². The van der Waals surface area contributed by atoms with Crippen molar-refractivity contribution in [2.75, 3.05) is 24.8 Å². The molecule has 112 valence electrons. The quantitative estimate of drug-likeness (QED) is 0.814. The molecule has 21 heavy (non-hydrogen) atoms. The number of aromatic nitrogens is 2. The molecule has 0 saturated heterocycles. The number of nitrogen functional groups attached to an aromatic ring is 1. The maximum Gasteiger partial charge on any atom is 0.242 e. The van der Waals surface area contributed by atoms with Gasteiger partial charge in [0, 0.05) is 6.54 Å². The van der Waals surface area contributed by atoms with E-state index in [1.807, 2.05) is 31.2 Å². The van der Waals surface area contributed by atoms with Crippen molar-refractivity contribution >= 4 is 11.5 Å². The van der Waals surface area contributed by atoms with Gasteiger partial charge in [0.15, 0.2) is 5.82 Å². The SMILES string of the molecule is CCCOc1ncnc(NCc2cccc(OC)c2)c1N. The predicted molar refractivity (Wildman–Crippen MR) is 82.6 cm³/mol. The number of hydrogen-bond acceptors (Lipinski definition) is 6. The first-order valence-electron chi connectivity index (χ1n) is 6.84. The molecule has 2 aromatic rings. The number of nitrogens with two attached hydrogens (primary N) is 1. The minimum absolute atomic E-state index is 0.417. The first kappa shape index (κ1) is 14.9. The van der Waals surface area contributed by atoms with E-state index in [0.29, 0.717) is 30.5 Å². The van der Waals surface area contributed by atoms with E-state index >= 15 is 0 Å². The van der Waals surface area contributed by atoms with Gasteiger partial charge >= 0.3 is 0 Å². The molecule has 1 aromatic carbocycles. The van der Waals surface area contributed by atoms with Gasteiger partial charge in [-0.3, -0.25) is 0 Å². The third-order valence-corrected chi connectivity index (χ3v) is 2.88. The molecule has 6 nitrogen and oxygen atoms in total. The highest BCUT2D eigenvalue weighted by atomic mass is 16.5. The largest absolute Gasteiger partial charge is 0.497 e. The summed E-state index contributed by atoms with van der Waals surface area (Å²) in [6, 6.07) is 7.80. The van der Waals surface area contributed by atoms with Crippen LogP contribution in [0.1, 0.15) is 18.9 Å². The van der Waals surface area contributed by atoms with Gasteiger partial charge in [0.1, 0.15) is 17.8 Å². The fourth-order valence-corrected chi connectivity index (χ4v) is 1.80. The van der Waals surface area contributed by atoms with Gasteiger partial charge in [-0.2, -0.15) is 4.98 Å². The van der Waals surface area contributed by atoms with Gasteiger partial charge in [0.25, 0.3) is 0 Å². The van der Waals surface area contributed by atoms with Gasteiger partial charge in [-0.05, 0) is 24.1 Å². The molecule has 2 rings (SSSR count). The van der Waals surface area contributed by atoms with Crippen molar-refractivity contribution in [1.29, 1.82) is 0 Å². The molecule has 0 aliphatic heterocycles. The van der Waals surface area contributed by atoms with Crippen LogP contribution < -0.4 is 20.5 Å². The van der Waals surface area contributed by atoms with Crippen LogP contribution in [0.4, 0.5) is 11.5 Å². The summed E-state index contributed by atoms with van der Waals surface area (Å²) in [5.74, 6) is 1.80. The molecule has 1 heterocycles. The third kappa shape index (κ3) is 3.98. The van der Waals surface area contributed by atoms with E-state index in [4.69, 9.17) is 15.2 Å². The average Bonchev–Trinajstić information content (AvgIpc) is 2.53. The zero-order chi connectivity index (χ0) is 15.1. The average molecular weight is 288 g/mol. The van der Waals surface area contributed by atoms with Crippen molar-refractivity contribution in [2.45, 2.75) is 19.9 Å². The Morgan fingerprint density at radius 2 is 2.14 bits per heavy atom. The lowest BCUT2D eigenvalue weighted by Gasteiger charge is -2.12. The predicted octanol–water partition coefficient (Wildman–Crippen LogP) is 2.47. The number of nitrogens with one attached hydrogen (secondary N) is 1. The molecule has 0 radical (unpaired) electrons. The van der Waals surface area contributed by atoms with Gasteiger partial charge in [-0.25, -0.2) is 4.98 Å². The maximum atomic E-state index is 6.01. The van der Waals surface area contributed by atoms with Gasteiger partial charge < -0.3 is 20.5 Å². The second-order valence-corrected chi connectivity index (χ2v) is 4.49. The molecule has 0 spiro atoms. The Morgan fingerprint density at radius 3 is 2.90 bits per heavy atom. The minimum atomic E-state index is 0.417. The summed E-state index contributed by atoms with van der Waals surface area (Å²) in [5, 5.41) is 3.19. The van der Waals surface area contributed by atoms with Crippen molar-refractivity contribution in [3.8, 4) is 11.6 Å². The molecule has 0 bridgehead atoms. The van der Waals surface area contributed by atoms with Crippen LogP contribution in [0.2, 0.25) is 0 Å². The number of benzene rings is 1. The second-order valence-electron chi connectivity index (χ2n) is 4.49. The molecule has 0 aliphatic rings. The third-order valence-electron chi connectivity index (χ3n) is 2.88. The van der Waals surface area contributed by atoms with Crippen molar-refractivity contribution in [1.82, 2.24) is 9.97 Å². The Bertz CT molecular complexity index is 590. The van der Waals surface area contributed by atoms with Crippen LogP contribution in [0, 0.1) is 0 Å². The smallest absolute Gasteiger partial charge is 0.242 e. The first-order valence-corrected chi connectivity index (χ1v) is 6.84. The number of rotatable bonds is 7. The van der Waals surface area contributed by atoms with Crippen molar-refractivity contribution < 1.29 is 9.47 Å². The molecule has 1 aromatic heterocycles. The van der Waals surface area contributed by atoms with E-state index in [2.05, 4.69) is 15.3 Å². The zero-order valence-corrected chi connectivity index (χ0v) is 12.3. The molecule has 0 atom stereocenters. The van der Waals surface area contributed by atoms with Crippen LogP contribution in [0.15, 0.2) is 30.6 Å². The number of nitrogens with zero attached hydrogens (tertiary/aromatic N) is 2. The normalized spacial score (nSPS) is 10.2. The van der Waals surface area contributed by atoms with Gasteiger partial charge in [0.05, 0.1) is 13.7 Å². The summed E-state index contributed by atoms with van der Waals surface area (Å²) in [4.78, 5) is 8.19. The first-order chi connectivity index (χ1) is 10.2. The highest BCUT2D eigenvalue weighted by Gasteiger charge is 2.08. The van der Waals surface area contributed by atoms with Gasteiger partial charge in [-0.1, -0.05) is 19.1 Å². The number of methoxy groups -OCH3 is 1.